The second-order valence-electron chi connectivity index (χ2n) is 15.4. The molecule has 0 spiro atoms. The lowest BCUT2D eigenvalue weighted by Gasteiger charge is -2.28. The molecule has 11 rings (SSSR count). The van der Waals surface area contributed by atoms with Gasteiger partial charge in [0.05, 0.1) is 0 Å². The number of fused-ring (bicyclic) bond motifs is 9. The maximum absolute atomic E-state index is 6.62. The van der Waals surface area contributed by atoms with Crippen LogP contribution >= 0.6 is 0 Å². The Bertz CT molecular complexity index is 3000. The summed E-state index contributed by atoms with van der Waals surface area (Å²) in [6.45, 7) is 4.97. The lowest BCUT2D eigenvalue weighted by molar-refractivity contribution is 0.670. The lowest BCUT2D eigenvalue weighted by Crippen LogP contribution is -2.49. The van der Waals surface area contributed by atoms with Crippen LogP contribution in [-0.4, -0.2) is 8.07 Å². The van der Waals surface area contributed by atoms with Crippen LogP contribution in [0.4, 0.5) is 17.1 Å². The molecule has 0 bridgehead atoms. The van der Waals surface area contributed by atoms with Gasteiger partial charge in [0.25, 0.3) is 0 Å². The summed E-state index contributed by atoms with van der Waals surface area (Å²) in [6.07, 6.45) is 0. The van der Waals surface area contributed by atoms with E-state index in [9.17, 15) is 0 Å². The van der Waals surface area contributed by atoms with Gasteiger partial charge in [-0.15, -0.1) is 0 Å². The molecule has 10 aromatic rings. The number of anilines is 3. The van der Waals surface area contributed by atoms with Gasteiger partial charge in [0.2, 0.25) is 0 Å². The SMILES string of the molecule is C[Si]1(C)c2cc(N(c3ccc(-c4ccc5ccccc5c4)cc3)c3ccc(-c4ccc5ccccc5c4)cc3)ccc2-c2c1ccc1c2oc2ccccc21. The molecule has 0 aliphatic carbocycles. The Hall–Kier alpha value is -6.68. The molecule has 0 radical (unpaired) electrons. The maximum Gasteiger partial charge on any atom is 0.143 e. The van der Waals surface area contributed by atoms with Crippen molar-refractivity contribution in [3.8, 4) is 33.4 Å². The van der Waals surface area contributed by atoms with Crippen molar-refractivity contribution in [2.75, 3.05) is 4.90 Å². The first kappa shape index (κ1) is 31.8. The molecule has 0 amide bonds. The zero-order valence-electron chi connectivity index (χ0n) is 30.8. The number of para-hydroxylation sites is 1. The van der Waals surface area contributed by atoms with Crippen LogP contribution in [0.5, 0.6) is 0 Å². The predicted molar refractivity (Wildman–Crippen MR) is 236 cm³/mol. The Labute approximate surface area is 321 Å². The summed E-state index contributed by atoms with van der Waals surface area (Å²) < 4.78 is 6.62. The summed E-state index contributed by atoms with van der Waals surface area (Å²) in [5.74, 6) is 0. The molecule has 9 aromatic carbocycles. The standard InChI is InChI=1S/C52H37NOSi/c1-55(2)49-30-29-46-45-13-7-8-14-48(45)54-52(46)51(49)47-28-27-44(33-50(47)55)53(42-23-19-36(20-24-42)40-17-15-34-9-3-5-11-38(34)31-40)43-25-21-37(22-26-43)41-18-16-35-10-4-6-12-39(35)32-41/h3-33H,1-2H3. The highest BCUT2D eigenvalue weighted by Gasteiger charge is 2.40. The van der Waals surface area contributed by atoms with Crippen LogP contribution in [0.25, 0.3) is 76.9 Å². The number of hydrogen-bond acceptors (Lipinski definition) is 2. The summed E-state index contributed by atoms with van der Waals surface area (Å²) in [5, 5.41) is 10.3. The average molecular weight is 720 g/mol. The largest absolute Gasteiger partial charge is 0.455 e. The number of benzene rings is 9. The van der Waals surface area contributed by atoms with E-state index in [1.807, 2.05) is 0 Å². The van der Waals surface area contributed by atoms with Crippen LogP contribution in [-0.2, 0) is 0 Å². The van der Waals surface area contributed by atoms with Gasteiger partial charge in [-0.3, -0.25) is 0 Å². The second kappa shape index (κ2) is 12.2. The first-order valence-corrected chi connectivity index (χ1v) is 22.1. The van der Waals surface area contributed by atoms with Crippen LogP contribution in [0.2, 0.25) is 13.1 Å². The summed E-state index contributed by atoms with van der Waals surface area (Å²) in [6, 6.07) is 68.9. The molecule has 0 fully saturated rings. The number of hydrogen-bond donors (Lipinski definition) is 0. The smallest absolute Gasteiger partial charge is 0.143 e. The zero-order valence-corrected chi connectivity index (χ0v) is 31.8. The third-order valence-corrected chi connectivity index (χ3v) is 15.4. The highest BCUT2D eigenvalue weighted by atomic mass is 28.3. The minimum Gasteiger partial charge on any atom is -0.455 e. The van der Waals surface area contributed by atoms with E-state index in [2.05, 4.69) is 206 Å². The fourth-order valence-corrected chi connectivity index (χ4v) is 12.0. The molecule has 3 heteroatoms. The Balaban J connectivity index is 1.03. The summed E-state index contributed by atoms with van der Waals surface area (Å²) in [5.41, 5.74) is 12.8. The molecule has 1 aromatic heterocycles. The van der Waals surface area contributed by atoms with Crippen LogP contribution in [0.15, 0.2) is 192 Å². The van der Waals surface area contributed by atoms with Crippen LogP contribution in [0, 0.1) is 0 Å². The van der Waals surface area contributed by atoms with Crippen molar-refractivity contribution < 1.29 is 4.42 Å². The number of furan rings is 1. The van der Waals surface area contributed by atoms with Crippen LogP contribution < -0.4 is 15.3 Å². The second-order valence-corrected chi connectivity index (χ2v) is 19.7. The minimum absolute atomic E-state index is 0.945. The van der Waals surface area contributed by atoms with Gasteiger partial charge >= 0.3 is 0 Å². The van der Waals surface area contributed by atoms with Gasteiger partial charge in [-0.05, 0) is 114 Å². The van der Waals surface area contributed by atoms with E-state index >= 15 is 0 Å². The molecular formula is C52H37NOSi. The van der Waals surface area contributed by atoms with Gasteiger partial charge in [-0.25, -0.2) is 0 Å². The molecule has 0 saturated carbocycles. The molecule has 2 nitrogen and oxygen atoms in total. The fraction of sp³-hybridized carbons (Fsp3) is 0.0385. The fourth-order valence-electron chi connectivity index (χ4n) is 8.92. The van der Waals surface area contributed by atoms with E-state index in [0.29, 0.717) is 0 Å². The molecule has 0 N–H and O–H groups in total. The van der Waals surface area contributed by atoms with Gasteiger partial charge in [0.15, 0.2) is 0 Å². The summed E-state index contributed by atoms with van der Waals surface area (Å²) >= 11 is 0. The lowest BCUT2D eigenvalue weighted by atomic mass is 9.99. The van der Waals surface area contributed by atoms with Crippen molar-refractivity contribution >= 4 is 79.0 Å². The Morgan fingerprint density at radius 2 is 0.927 bits per heavy atom. The molecule has 1 aliphatic heterocycles. The van der Waals surface area contributed by atoms with E-state index in [1.165, 1.54) is 76.1 Å². The molecular weight excluding hydrogens is 683 g/mol. The molecule has 0 unspecified atom stereocenters. The van der Waals surface area contributed by atoms with Crippen molar-refractivity contribution in [1.82, 2.24) is 0 Å². The monoisotopic (exact) mass is 719 g/mol. The van der Waals surface area contributed by atoms with Gasteiger partial charge < -0.3 is 9.32 Å². The van der Waals surface area contributed by atoms with Crippen molar-refractivity contribution in [2.45, 2.75) is 13.1 Å². The highest BCUT2D eigenvalue weighted by Crippen LogP contribution is 2.42. The van der Waals surface area contributed by atoms with E-state index in [1.54, 1.807) is 0 Å². The van der Waals surface area contributed by atoms with Gasteiger partial charge in [0.1, 0.15) is 19.2 Å². The van der Waals surface area contributed by atoms with Gasteiger partial charge in [0, 0.05) is 33.4 Å². The third kappa shape index (κ3) is 5.08. The summed E-state index contributed by atoms with van der Waals surface area (Å²) in [7, 11) is -2.06. The average Bonchev–Trinajstić information content (AvgIpc) is 3.73. The summed E-state index contributed by atoms with van der Waals surface area (Å²) in [4.78, 5) is 2.42. The molecule has 0 saturated heterocycles. The first-order valence-electron chi connectivity index (χ1n) is 19.1. The topological polar surface area (TPSA) is 16.4 Å². The Morgan fingerprint density at radius 1 is 0.400 bits per heavy atom. The molecule has 1 aliphatic rings. The van der Waals surface area contributed by atoms with E-state index < -0.39 is 8.07 Å². The molecule has 2 heterocycles. The van der Waals surface area contributed by atoms with Gasteiger partial charge in [-0.1, -0.05) is 147 Å². The van der Waals surface area contributed by atoms with Gasteiger partial charge in [-0.2, -0.15) is 0 Å². The van der Waals surface area contributed by atoms with Crippen molar-refractivity contribution in [3.05, 3.63) is 188 Å². The van der Waals surface area contributed by atoms with E-state index in [0.717, 1.165) is 28.2 Å². The van der Waals surface area contributed by atoms with Crippen molar-refractivity contribution in [3.63, 3.8) is 0 Å². The van der Waals surface area contributed by atoms with Crippen molar-refractivity contribution in [2.24, 2.45) is 0 Å². The first-order chi connectivity index (χ1) is 27.0. The quantitative estimate of drug-likeness (QED) is 0.165. The molecule has 0 atom stereocenters. The van der Waals surface area contributed by atoms with E-state index in [-0.39, 0.29) is 0 Å². The molecule has 260 valence electrons. The third-order valence-electron chi connectivity index (χ3n) is 11.8. The van der Waals surface area contributed by atoms with E-state index in [4.69, 9.17) is 4.42 Å². The highest BCUT2D eigenvalue weighted by molar-refractivity contribution is 7.04. The predicted octanol–water partition coefficient (Wildman–Crippen LogP) is 13.5. The number of rotatable bonds is 5. The van der Waals surface area contributed by atoms with Crippen LogP contribution in [0.1, 0.15) is 0 Å². The minimum atomic E-state index is -2.06. The number of nitrogens with zero attached hydrogens (tertiary/aromatic N) is 1. The zero-order chi connectivity index (χ0) is 36.7. The Morgan fingerprint density at radius 3 is 1.55 bits per heavy atom. The maximum atomic E-state index is 6.62. The Kier molecular flexibility index (Phi) is 7.04. The molecule has 55 heavy (non-hydrogen) atoms. The normalized spacial score (nSPS) is 13.1. The van der Waals surface area contributed by atoms with Crippen molar-refractivity contribution in [1.29, 1.82) is 0 Å². The van der Waals surface area contributed by atoms with Crippen LogP contribution in [0.3, 0.4) is 0 Å².